The Bertz CT molecular complexity index is 1510. The molecule has 0 aromatic heterocycles. The van der Waals surface area contributed by atoms with Crippen molar-refractivity contribution >= 4 is 23.3 Å². The molecule has 1 aliphatic carbocycles. The number of carbonyl (C=O) groups excluding carboxylic acids is 2. The third-order valence-electron chi connectivity index (χ3n) is 7.30. The minimum Gasteiger partial charge on any atom is -0.505 e. The molecule has 0 radical (unpaired) electrons. The molecule has 0 saturated heterocycles. The lowest BCUT2D eigenvalue weighted by atomic mass is 9.95. The number of aliphatic hydroxyl groups is 1. The van der Waals surface area contributed by atoms with Crippen LogP contribution in [0.25, 0.3) is 16.2 Å². The summed E-state index contributed by atoms with van der Waals surface area (Å²) >= 11 is 0. The number of azide groups is 1. The average Bonchev–Trinajstić information content (AvgIpc) is 3.01. The van der Waals surface area contributed by atoms with E-state index >= 15 is 0 Å². The first-order valence-corrected chi connectivity index (χ1v) is 13.8. The number of methoxy groups -OCH3 is 2. The molecule has 0 heterocycles. The lowest BCUT2D eigenvalue weighted by Gasteiger charge is -2.29. The Balaban J connectivity index is 1.91. The summed E-state index contributed by atoms with van der Waals surface area (Å²) in [4.78, 5) is 32.5. The van der Waals surface area contributed by atoms with Crippen molar-refractivity contribution in [2.75, 3.05) is 14.2 Å². The zero-order valence-corrected chi connectivity index (χ0v) is 24.0. The van der Waals surface area contributed by atoms with Gasteiger partial charge in [0, 0.05) is 22.1 Å². The van der Waals surface area contributed by atoms with Crippen molar-refractivity contribution in [3.63, 3.8) is 0 Å². The summed E-state index contributed by atoms with van der Waals surface area (Å²) < 4.78 is 10.8. The van der Waals surface area contributed by atoms with Crippen molar-refractivity contribution in [2.45, 2.75) is 51.6 Å². The largest absolute Gasteiger partial charge is 0.505 e. The van der Waals surface area contributed by atoms with Crippen LogP contribution < -0.4 is 14.8 Å². The van der Waals surface area contributed by atoms with Gasteiger partial charge in [0.25, 0.3) is 11.8 Å². The number of hydrogen-bond acceptors (Lipinski definition) is 6. The van der Waals surface area contributed by atoms with Gasteiger partial charge in [-0.2, -0.15) is 0 Å². The van der Waals surface area contributed by atoms with E-state index in [1.165, 1.54) is 31.3 Å². The summed E-state index contributed by atoms with van der Waals surface area (Å²) in [6, 6.07) is 18.5. The quantitative estimate of drug-likeness (QED) is 0.0893. The van der Waals surface area contributed by atoms with Crippen molar-refractivity contribution in [1.82, 2.24) is 10.2 Å². The van der Waals surface area contributed by atoms with Crippen molar-refractivity contribution in [1.29, 1.82) is 0 Å². The topological polar surface area (TPSA) is 137 Å². The van der Waals surface area contributed by atoms with Gasteiger partial charge < -0.3 is 19.9 Å². The fourth-order valence-corrected chi connectivity index (χ4v) is 5.04. The predicted molar refractivity (Wildman–Crippen MR) is 160 cm³/mol. The number of hydrogen-bond donors (Lipinski definition) is 2. The number of aryl methyl sites for hydroxylation is 1. The molecule has 10 heteroatoms. The minimum absolute atomic E-state index is 0.0332. The lowest BCUT2D eigenvalue weighted by Crippen LogP contribution is -2.43. The first-order chi connectivity index (χ1) is 20.4. The average molecular weight is 570 g/mol. The maximum Gasteiger partial charge on any atom is 0.272 e. The molecule has 0 spiro atoms. The summed E-state index contributed by atoms with van der Waals surface area (Å²) in [5, 5.41) is 18.5. The lowest BCUT2D eigenvalue weighted by molar-refractivity contribution is -0.119. The van der Waals surface area contributed by atoms with Crippen LogP contribution in [0.3, 0.4) is 0 Å². The third-order valence-corrected chi connectivity index (χ3v) is 7.30. The maximum atomic E-state index is 14.3. The number of nitrogens with one attached hydrogen (secondary N) is 1. The van der Waals surface area contributed by atoms with Gasteiger partial charge in [-0.3, -0.25) is 14.5 Å². The van der Waals surface area contributed by atoms with E-state index in [2.05, 4.69) is 15.3 Å². The standard InChI is InChI=1S/C32H35N5O5/c1-21-13-15-22(16-14-21)20-37(32(40)25-11-7-8-12-26(25)35-36-33)29(31(39)34-24-9-5-4-6-10-24)30(38)23-17-18-27(41-2)28(19-23)42-3/h7-8,11-19,24,38H,4-6,9-10,20H2,1-3H3,(H,34,39)/b30-29+. The maximum absolute atomic E-state index is 14.3. The van der Waals surface area contributed by atoms with E-state index in [0.717, 1.165) is 43.2 Å². The molecule has 1 fully saturated rings. The Kier molecular flexibility index (Phi) is 10.1. The zero-order chi connectivity index (χ0) is 30.1. The van der Waals surface area contributed by atoms with Crippen molar-refractivity contribution in [2.24, 2.45) is 5.11 Å². The highest BCUT2D eigenvalue weighted by molar-refractivity contribution is 6.08. The van der Waals surface area contributed by atoms with Crippen LogP contribution in [-0.4, -0.2) is 42.1 Å². The van der Waals surface area contributed by atoms with Gasteiger partial charge in [0.05, 0.1) is 26.5 Å². The molecule has 2 amide bonds. The molecule has 0 bridgehead atoms. The second-order valence-corrected chi connectivity index (χ2v) is 10.2. The molecule has 0 unspecified atom stereocenters. The molecule has 10 nitrogen and oxygen atoms in total. The van der Waals surface area contributed by atoms with Gasteiger partial charge in [0.2, 0.25) is 0 Å². The molecule has 3 aromatic rings. The van der Waals surface area contributed by atoms with Gasteiger partial charge in [-0.15, -0.1) is 0 Å². The van der Waals surface area contributed by atoms with Crippen LogP contribution in [0.5, 0.6) is 11.5 Å². The van der Waals surface area contributed by atoms with E-state index < -0.39 is 17.6 Å². The molecular weight excluding hydrogens is 534 g/mol. The van der Waals surface area contributed by atoms with Gasteiger partial charge >= 0.3 is 0 Å². The Labute approximate surface area is 245 Å². The normalized spacial score (nSPS) is 13.8. The molecule has 0 aliphatic heterocycles. The first-order valence-electron chi connectivity index (χ1n) is 13.8. The second kappa shape index (κ2) is 14.1. The number of ether oxygens (including phenoxy) is 2. The number of carbonyl (C=O) groups is 2. The van der Waals surface area contributed by atoms with Crippen LogP contribution >= 0.6 is 0 Å². The number of aliphatic hydroxyl groups excluding tert-OH is 1. The first kappa shape index (κ1) is 30.0. The fourth-order valence-electron chi connectivity index (χ4n) is 5.04. The van der Waals surface area contributed by atoms with E-state index in [-0.39, 0.29) is 35.1 Å². The fraction of sp³-hybridized carbons (Fsp3) is 0.312. The summed E-state index contributed by atoms with van der Waals surface area (Å²) in [5.74, 6) is -0.821. The number of benzene rings is 3. The highest BCUT2D eigenvalue weighted by Crippen LogP contribution is 2.33. The van der Waals surface area contributed by atoms with Crippen LogP contribution in [0.4, 0.5) is 5.69 Å². The molecule has 1 aliphatic rings. The van der Waals surface area contributed by atoms with Crippen LogP contribution in [0.15, 0.2) is 77.5 Å². The van der Waals surface area contributed by atoms with Crippen LogP contribution in [0, 0.1) is 6.92 Å². The molecule has 0 atom stereocenters. The Morgan fingerprint density at radius 1 is 1.00 bits per heavy atom. The number of amides is 2. The van der Waals surface area contributed by atoms with Crippen molar-refractivity contribution in [3.8, 4) is 11.5 Å². The van der Waals surface area contributed by atoms with Gasteiger partial charge in [-0.05, 0) is 55.1 Å². The molecule has 4 rings (SSSR count). The monoisotopic (exact) mass is 569 g/mol. The van der Waals surface area contributed by atoms with Crippen LogP contribution in [0.2, 0.25) is 0 Å². The van der Waals surface area contributed by atoms with E-state index in [4.69, 9.17) is 15.0 Å². The molecule has 42 heavy (non-hydrogen) atoms. The van der Waals surface area contributed by atoms with Gasteiger partial charge in [-0.25, -0.2) is 0 Å². The molecule has 3 aromatic carbocycles. The van der Waals surface area contributed by atoms with Crippen LogP contribution in [0.1, 0.15) is 59.2 Å². The SMILES string of the molecule is COc1ccc(/C(O)=C(/C(=O)NC2CCCCC2)N(Cc2ccc(C)cc2)C(=O)c2ccccc2N=[N+]=[N-])cc1OC. The van der Waals surface area contributed by atoms with E-state index in [9.17, 15) is 14.7 Å². The van der Waals surface area contributed by atoms with Gasteiger partial charge in [-0.1, -0.05) is 72.4 Å². The van der Waals surface area contributed by atoms with Gasteiger partial charge in [0.1, 0.15) is 0 Å². The molecule has 2 N–H and O–H groups in total. The van der Waals surface area contributed by atoms with Crippen molar-refractivity contribution < 1.29 is 24.2 Å². The second-order valence-electron chi connectivity index (χ2n) is 10.2. The zero-order valence-electron chi connectivity index (χ0n) is 24.0. The highest BCUT2D eigenvalue weighted by atomic mass is 16.5. The predicted octanol–water partition coefficient (Wildman–Crippen LogP) is 6.97. The van der Waals surface area contributed by atoms with Gasteiger partial charge in [0.15, 0.2) is 23.0 Å². The molecular formula is C32H35N5O5. The Morgan fingerprint density at radius 3 is 2.36 bits per heavy atom. The summed E-state index contributed by atoms with van der Waals surface area (Å²) in [6.45, 7) is 1.92. The molecule has 218 valence electrons. The third kappa shape index (κ3) is 7.03. The Hall–Kier alpha value is -4.95. The van der Waals surface area contributed by atoms with E-state index in [0.29, 0.717) is 11.5 Å². The Morgan fingerprint density at radius 2 is 1.69 bits per heavy atom. The summed E-state index contributed by atoms with van der Waals surface area (Å²) in [6.07, 6.45) is 4.68. The van der Waals surface area contributed by atoms with Crippen molar-refractivity contribution in [3.05, 3.63) is 105 Å². The molecule has 1 saturated carbocycles. The van der Waals surface area contributed by atoms with E-state index in [1.54, 1.807) is 30.3 Å². The highest BCUT2D eigenvalue weighted by Gasteiger charge is 2.32. The number of nitrogens with zero attached hydrogens (tertiary/aromatic N) is 4. The van der Waals surface area contributed by atoms with E-state index in [1.807, 2.05) is 31.2 Å². The minimum atomic E-state index is -0.612. The smallest absolute Gasteiger partial charge is 0.272 e. The summed E-state index contributed by atoms with van der Waals surface area (Å²) in [5.41, 5.74) is 11.1. The number of rotatable bonds is 10. The van der Waals surface area contributed by atoms with Crippen LogP contribution in [-0.2, 0) is 11.3 Å². The summed E-state index contributed by atoms with van der Waals surface area (Å²) in [7, 11) is 2.97.